The number of aryl methyl sites for hydroxylation is 1. The first kappa shape index (κ1) is 23.6. The quantitative estimate of drug-likeness (QED) is 0.672. The van der Waals surface area contributed by atoms with Crippen LogP contribution in [-0.4, -0.2) is 64.3 Å². The molecule has 0 aromatic heterocycles. The van der Waals surface area contributed by atoms with Crippen molar-refractivity contribution in [3.05, 3.63) is 34.9 Å². The van der Waals surface area contributed by atoms with Crippen LogP contribution in [0.2, 0.25) is 0 Å². The van der Waals surface area contributed by atoms with Crippen LogP contribution in [0.1, 0.15) is 55.8 Å². The Morgan fingerprint density at radius 3 is 2.64 bits per heavy atom. The number of carbonyl (C=O) groups is 2. The fourth-order valence-corrected chi connectivity index (χ4v) is 5.65. The largest absolute Gasteiger partial charge is 0.416 e. The van der Waals surface area contributed by atoms with E-state index in [-0.39, 0.29) is 35.9 Å². The summed E-state index contributed by atoms with van der Waals surface area (Å²) in [4.78, 5) is 31.4. The van der Waals surface area contributed by atoms with Crippen molar-refractivity contribution in [3.63, 3.8) is 0 Å². The second kappa shape index (κ2) is 8.64. The summed E-state index contributed by atoms with van der Waals surface area (Å²) in [5.74, 6) is -0.480. The smallest absolute Gasteiger partial charge is 0.330 e. The zero-order valence-electron chi connectivity index (χ0n) is 19.1. The number of hydrogen-bond donors (Lipinski definition) is 0. The summed E-state index contributed by atoms with van der Waals surface area (Å²) in [6, 6.07) is 4.87. The number of nitriles is 1. The van der Waals surface area contributed by atoms with Gasteiger partial charge in [-0.2, -0.15) is 18.4 Å². The van der Waals surface area contributed by atoms with E-state index in [2.05, 4.69) is 6.07 Å². The van der Waals surface area contributed by atoms with E-state index in [1.807, 2.05) is 11.8 Å². The molecule has 1 aromatic carbocycles. The number of piperazine rings is 1. The van der Waals surface area contributed by atoms with E-state index in [9.17, 15) is 28.0 Å². The van der Waals surface area contributed by atoms with Gasteiger partial charge in [0.25, 0.3) is 0 Å². The van der Waals surface area contributed by atoms with E-state index in [1.165, 1.54) is 0 Å². The third-order valence-electron chi connectivity index (χ3n) is 7.26. The summed E-state index contributed by atoms with van der Waals surface area (Å²) in [5, 5.41) is 9.26. The predicted octanol–water partition coefficient (Wildman–Crippen LogP) is 3.51. The fraction of sp³-hybridized carbons (Fsp3) is 0.625. The standard InChI is InChI=1S/C24H29F3N4O2/c1-14-7-17(9-18(8-14)24(25,26)27)16(3)31-20-10-21(23(31)33)29(13-20)12-15(2)22(32)30-6-4-5-19(30)11-28/h7-9,15-16,19-21H,4-6,10,12-13H2,1-3H3/t15-,16-,19-,20?,21-/m0/s1. The van der Waals surface area contributed by atoms with Gasteiger partial charge in [0.2, 0.25) is 11.8 Å². The molecule has 5 atom stereocenters. The van der Waals surface area contributed by atoms with Crippen molar-refractivity contribution in [1.29, 1.82) is 5.26 Å². The molecule has 178 valence electrons. The molecule has 0 N–H and O–H groups in total. The summed E-state index contributed by atoms with van der Waals surface area (Å²) in [6.07, 6.45) is -2.30. The molecule has 9 heteroatoms. The van der Waals surface area contributed by atoms with Gasteiger partial charge in [-0.25, -0.2) is 0 Å². The number of benzene rings is 1. The number of nitrogens with zero attached hydrogens (tertiary/aromatic N) is 4. The molecule has 6 nitrogen and oxygen atoms in total. The van der Waals surface area contributed by atoms with E-state index >= 15 is 0 Å². The van der Waals surface area contributed by atoms with Crippen LogP contribution in [0, 0.1) is 24.2 Å². The van der Waals surface area contributed by atoms with Gasteiger partial charge in [-0.15, -0.1) is 0 Å². The Bertz CT molecular complexity index is 989. The summed E-state index contributed by atoms with van der Waals surface area (Å²) in [5.41, 5.74) is 0.289. The Morgan fingerprint density at radius 2 is 2.00 bits per heavy atom. The van der Waals surface area contributed by atoms with Crippen LogP contribution in [-0.2, 0) is 15.8 Å². The monoisotopic (exact) mass is 462 g/mol. The lowest BCUT2D eigenvalue weighted by atomic mass is 9.99. The third-order valence-corrected chi connectivity index (χ3v) is 7.26. The van der Waals surface area contributed by atoms with Crippen LogP contribution < -0.4 is 0 Å². The Hall–Kier alpha value is -2.60. The Morgan fingerprint density at radius 1 is 1.27 bits per heavy atom. The molecule has 0 aliphatic carbocycles. The van der Waals surface area contributed by atoms with Crippen LogP contribution in [0.4, 0.5) is 13.2 Å². The molecule has 2 amide bonds. The van der Waals surface area contributed by atoms with Crippen LogP contribution >= 0.6 is 0 Å². The van der Waals surface area contributed by atoms with Gasteiger partial charge in [-0.1, -0.05) is 18.6 Å². The number of hydrogen-bond acceptors (Lipinski definition) is 4. The zero-order valence-corrected chi connectivity index (χ0v) is 19.1. The normalized spacial score (nSPS) is 27.2. The van der Waals surface area contributed by atoms with E-state index in [4.69, 9.17) is 0 Å². The third kappa shape index (κ3) is 4.33. The van der Waals surface area contributed by atoms with Gasteiger partial charge in [-0.3, -0.25) is 14.5 Å². The van der Waals surface area contributed by atoms with Gasteiger partial charge < -0.3 is 9.80 Å². The zero-order chi connectivity index (χ0) is 24.1. The highest BCUT2D eigenvalue weighted by molar-refractivity contribution is 5.86. The van der Waals surface area contributed by atoms with Crippen molar-refractivity contribution < 1.29 is 22.8 Å². The molecule has 3 aliphatic heterocycles. The summed E-state index contributed by atoms with van der Waals surface area (Å²) < 4.78 is 39.8. The van der Waals surface area contributed by atoms with Crippen molar-refractivity contribution >= 4 is 11.8 Å². The SMILES string of the molecule is Cc1cc([C@H](C)N2C(=O)[C@@H]3CC2CN3C[C@H](C)C(=O)N2CCC[C@H]2C#N)cc(C(F)(F)F)c1. The average molecular weight is 463 g/mol. The first-order chi connectivity index (χ1) is 15.5. The number of rotatable bonds is 5. The molecule has 3 aliphatic rings. The molecular formula is C24H29F3N4O2. The highest BCUT2D eigenvalue weighted by atomic mass is 19.4. The van der Waals surface area contributed by atoms with Crippen LogP contribution in [0.5, 0.6) is 0 Å². The highest BCUT2D eigenvalue weighted by Gasteiger charge is 2.51. The Labute approximate surface area is 191 Å². The minimum Gasteiger partial charge on any atom is -0.330 e. The van der Waals surface area contributed by atoms with E-state index < -0.39 is 17.8 Å². The minimum atomic E-state index is -4.44. The molecule has 1 aromatic rings. The summed E-state index contributed by atoms with van der Waals surface area (Å²) in [7, 11) is 0. The Kier molecular flexibility index (Phi) is 6.16. The number of fused-ring (bicyclic) bond motifs is 2. The van der Waals surface area contributed by atoms with Gasteiger partial charge in [0.1, 0.15) is 6.04 Å². The van der Waals surface area contributed by atoms with Gasteiger partial charge >= 0.3 is 6.18 Å². The lowest BCUT2D eigenvalue weighted by Gasteiger charge is -2.38. The number of carbonyl (C=O) groups excluding carboxylic acids is 2. The molecule has 3 saturated heterocycles. The average Bonchev–Trinajstić information content (AvgIpc) is 3.46. The molecule has 0 saturated carbocycles. The molecule has 1 unspecified atom stereocenters. The fourth-order valence-electron chi connectivity index (χ4n) is 5.65. The lowest BCUT2D eigenvalue weighted by molar-refractivity contribution is -0.142. The molecular weight excluding hydrogens is 433 g/mol. The maximum absolute atomic E-state index is 13.3. The van der Waals surface area contributed by atoms with Crippen LogP contribution in [0.25, 0.3) is 0 Å². The van der Waals surface area contributed by atoms with Crippen molar-refractivity contribution in [2.45, 2.75) is 70.4 Å². The number of halogens is 3. The van der Waals surface area contributed by atoms with E-state index in [1.54, 1.807) is 29.7 Å². The van der Waals surface area contributed by atoms with Crippen molar-refractivity contribution in [1.82, 2.24) is 14.7 Å². The maximum Gasteiger partial charge on any atom is 0.416 e. The van der Waals surface area contributed by atoms with Gasteiger partial charge in [0, 0.05) is 31.6 Å². The second-order valence-corrected chi connectivity index (χ2v) is 9.63. The maximum atomic E-state index is 13.3. The first-order valence-electron chi connectivity index (χ1n) is 11.5. The first-order valence-corrected chi connectivity index (χ1v) is 11.5. The van der Waals surface area contributed by atoms with Crippen molar-refractivity contribution in [3.8, 4) is 6.07 Å². The van der Waals surface area contributed by atoms with E-state index in [0.29, 0.717) is 43.6 Å². The second-order valence-electron chi connectivity index (χ2n) is 9.63. The summed E-state index contributed by atoms with van der Waals surface area (Å²) in [6.45, 7) is 6.86. The van der Waals surface area contributed by atoms with Gasteiger partial charge in [0.05, 0.1) is 23.7 Å². The van der Waals surface area contributed by atoms with Crippen LogP contribution in [0.15, 0.2) is 18.2 Å². The topological polar surface area (TPSA) is 67.7 Å². The molecule has 0 radical (unpaired) electrons. The highest BCUT2D eigenvalue weighted by Crippen LogP contribution is 2.40. The van der Waals surface area contributed by atoms with E-state index in [0.717, 1.165) is 18.6 Å². The minimum absolute atomic E-state index is 0.0565. The molecule has 2 bridgehead atoms. The van der Waals surface area contributed by atoms with Gasteiger partial charge in [-0.05, 0) is 50.8 Å². The van der Waals surface area contributed by atoms with Crippen molar-refractivity contribution in [2.75, 3.05) is 19.6 Å². The van der Waals surface area contributed by atoms with Crippen LogP contribution in [0.3, 0.4) is 0 Å². The molecule has 4 rings (SSSR count). The predicted molar refractivity (Wildman–Crippen MR) is 115 cm³/mol. The molecule has 33 heavy (non-hydrogen) atoms. The number of alkyl halides is 3. The lowest BCUT2D eigenvalue weighted by Crippen LogP contribution is -2.53. The number of likely N-dealkylation sites (tertiary alicyclic amines) is 3. The van der Waals surface area contributed by atoms with Crippen molar-refractivity contribution in [2.24, 2.45) is 5.92 Å². The summed E-state index contributed by atoms with van der Waals surface area (Å²) >= 11 is 0. The molecule has 0 spiro atoms. The molecule has 3 heterocycles. The Balaban J connectivity index is 1.44. The van der Waals surface area contributed by atoms with Gasteiger partial charge in [0.15, 0.2) is 0 Å². The number of amides is 2. The molecule has 3 fully saturated rings.